The van der Waals surface area contributed by atoms with E-state index in [9.17, 15) is 0 Å². The Morgan fingerprint density at radius 2 is 2.00 bits per heavy atom. The first kappa shape index (κ1) is 4.84. The van der Waals surface area contributed by atoms with Crippen molar-refractivity contribution in [2.75, 3.05) is 0 Å². The Morgan fingerprint density at radius 1 is 1.50 bits per heavy atom. The van der Waals surface area contributed by atoms with Crippen LogP contribution in [-0.2, 0) is 0 Å². The van der Waals surface area contributed by atoms with Gasteiger partial charge < -0.3 is 0 Å². The van der Waals surface area contributed by atoms with Crippen LogP contribution in [0.25, 0.3) is 0 Å². The van der Waals surface area contributed by atoms with Gasteiger partial charge in [-0.05, 0) is 23.2 Å². The van der Waals surface area contributed by atoms with Crippen molar-refractivity contribution in [3.8, 4) is 0 Å². The molecule has 2 saturated carbocycles. The maximum Gasteiger partial charge on any atom is -0.0232 e. The minimum Gasteiger partial charge on any atom is -0.0651 e. The number of fused-ring (bicyclic) bond motifs is 1. The van der Waals surface area contributed by atoms with Crippen LogP contribution in [0.5, 0.6) is 0 Å². The van der Waals surface area contributed by atoms with Crippen molar-refractivity contribution in [3.05, 3.63) is 0 Å². The summed E-state index contributed by atoms with van der Waals surface area (Å²) in [6.07, 6.45) is 1.42. The van der Waals surface area contributed by atoms with Crippen LogP contribution >= 0.6 is 0 Å². The van der Waals surface area contributed by atoms with Gasteiger partial charge in [0.2, 0.25) is 0 Å². The van der Waals surface area contributed by atoms with Crippen LogP contribution < -0.4 is 0 Å². The number of rotatable bonds is 1. The van der Waals surface area contributed by atoms with Gasteiger partial charge in [0.25, 0.3) is 0 Å². The molecule has 0 nitrogen and oxygen atoms in total. The van der Waals surface area contributed by atoms with Gasteiger partial charge in [-0.25, -0.2) is 0 Å². The molecule has 2 aliphatic carbocycles. The topological polar surface area (TPSA) is 0 Å². The Balaban J connectivity index is 2.02. The molecule has 0 aliphatic heterocycles. The van der Waals surface area contributed by atoms with Crippen molar-refractivity contribution in [1.82, 2.24) is 0 Å². The quantitative estimate of drug-likeness (QED) is 0.486. The second kappa shape index (κ2) is 0.984. The Bertz CT molecular complexity index is 122. The lowest BCUT2D eigenvalue weighted by Crippen LogP contribution is -2.01. The van der Waals surface area contributed by atoms with Gasteiger partial charge in [0.1, 0.15) is 0 Å². The van der Waals surface area contributed by atoms with Crippen LogP contribution in [0, 0.1) is 23.2 Å². The van der Waals surface area contributed by atoms with Crippen LogP contribution in [0.15, 0.2) is 0 Å². The molecule has 0 bridgehead atoms. The normalized spacial score (nSPS) is 67.1. The predicted octanol–water partition coefficient (Wildman–Crippen LogP) is 2.30. The molecule has 8 heavy (non-hydrogen) atoms. The highest BCUT2D eigenvalue weighted by Crippen LogP contribution is 2.84. The second-order valence-electron chi connectivity index (χ2n) is 3.70. The molecule has 0 aromatic heterocycles. The third-order valence-corrected chi connectivity index (χ3v) is 3.69. The average molecular weight is 110 g/mol. The van der Waals surface area contributed by atoms with Gasteiger partial charge in [-0.2, -0.15) is 0 Å². The first-order chi connectivity index (χ1) is 3.73. The zero-order valence-corrected chi connectivity index (χ0v) is 5.94. The van der Waals surface area contributed by atoms with Crippen LogP contribution in [0.1, 0.15) is 27.2 Å². The van der Waals surface area contributed by atoms with Gasteiger partial charge in [-0.15, -0.1) is 0 Å². The summed E-state index contributed by atoms with van der Waals surface area (Å²) in [6, 6.07) is 0. The molecule has 0 heterocycles. The molecule has 2 rings (SSSR count). The fraction of sp³-hybridized carbons (Fsp3) is 1.00. The summed E-state index contributed by atoms with van der Waals surface area (Å²) in [5.74, 6) is 3.34. The lowest BCUT2D eigenvalue weighted by atomic mass is 9.97. The van der Waals surface area contributed by atoms with Crippen LogP contribution in [-0.4, -0.2) is 0 Å². The molecule has 0 aromatic carbocycles. The first-order valence-electron chi connectivity index (χ1n) is 3.73. The highest BCUT2D eigenvalue weighted by atomic mass is 14.8. The monoisotopic (exact) mass is 110 g/mol. The standard InChI is InChI=1S/C8H14/c1-4-6-7-5(2)8(6,7)3/h5-7H,4H2,1-3H3. The molecule has 4 atom stereocenters. The Hall–Kier alpha value is 0. The minimum atomic E-state index is 0.842. The Morgan fingerprint density at radius 3 is 2.12 bits per heavy atom. The van der Waals surface area contributed by atoms with E-state index in [1.165, 1.54) is 6.42 Å². The van der Waals surface area contributed by atoms with Gasteiger partial charge in [-0.1, -0.05) is 27.2 Å². The molecule has 0 N–H and O–H groups in total. The fourth-order valence-electron chi connectivity index (χ4n) is 2.72. The third kappa shape index (κ3) is 0.260. The smallest absolute Gasteiger partial charge is 0.0232 e. The summed E-state index contributed by atoms with van der Waals surface area (Å²) in [7, 11) is 0. The van der Waals surface area contributed by atoms with Gasteiger partial charge in [-0.3, -0.25) is 0 Å². The molecular weight excluding hydrogens is 96.1 g/mol. The maximum absolute atomic E-state index is 2.44. The first-order valence-corrected chi connectivity index (χ1v) is 3.73. The van der Waals surface area contributed by atoms with Crippen LogP contribution in [0.2, 0.25) is 0 Å². The molecule has 0 amide bonds. The molecule has 46 valence electrons. The van der Waals surface area contributed by atoms with Gasteiger partial charge in [0.05, 0.1) is 0 Å². The minimum absolute atomic E-state index is 0.842. The summed E-state index contributed by atoms with van der Waals surface area (Å²) >= 11 is 0. The molecule has 0 aromatic rings. The van der Waals surface area contributed by atoms with Gasteiger partial charge in [0, 0.05) is 0 Å². The lowest BCUT2D eigenvalue weighted by Gasteiger charge is -2.08. The summed E-state index contributed by atoms with van der Waals surface area (Å²) in [5, 5.41) is 0. The maximum atomic E-state index is 2.44. The SMILES string of the molecule is CCC1C2C(C)C12C. The van der Waals surface area contributed by atoms with E-state index in [2.05, 4.69) is 20.8 Å². The lowest BCUT2D eigenvalue weighted by molar-refractivity contribution is 0.409. The number of hydrogen-bond donors (Lipinski definition) is 0. The van der Waals surface area contributed by atoms with E-state index in [1.807, 2.05) is 0 Å². The molecule has 0 heteroatoms. The van der Waals surface area contributed by atoms with E-state index in [4.69, 9.17) is 0 Å². The van der Waals surface area contributed by atoms with Crippen molar-refractivity contribution in [1.29, 1.82) is 0 Å². The summed E-state index contributed by atoms with van der Waals surface area (Å²) < 4.78 is 0. The fourth-order valence-corrected chi connectivity index (χ4v) is 2.72. The van der Waals surface area contributed by atoms with Gasteiger partial charge >= 0.3 is 0 Å². The van der Waals surface area contributed by atoms with Crippen LogP contribution in [0.4, 0.5) is 0 Å². The zero-order valence-electron chi connectivity index (χ0n) is 5.94. The van der Waals surface area contributed by atoms with E-state index in [-0.39, 0.29) is 0 Å². The van der Waals surface area contributed by atoms with Crippen molar-refractivity contribution in [3.63, 3.8) is 0 Å². The predicted molar refractivity (Wildman–Crippen MR) is 34.5 cm³/mol. The third-order valence-electron chi connectivity index (χ3n) is 3.69. The van der Waals surface area contributed by atoms with Crippen molar-refractivity contribution in [2.24, 2.45) is 23.2 Å². The molecular formula is C8H14. The average Bonchev–Trinajstić information content (AvgIpc) is 2.51. The van der Waals surface area contributed by atoms with Crippen molar-refractivity contribution >= 4 is 0 Å². The van der Waals surface area contributed by atoms with Crippen molar-refractivity contribution < 1.29 is 0 Å². The highest BCUT2D eigenvalue weighted by molar-refractivity contribution is 5.27. The number of hydrogen-bond acceptors (Lipinski definition) is 0. The molecule has 0 radical (unpaired) electrons. The van der Waals surface area contributed by atoms with Gasteiger partial charge in [0.15, 0.2) is 0 Å². The van der Waals surface area contributed by atoms with E-state index < -0.39 is 0 Å². The Labute approximate surface area is 51.3 Å². The molecule has 0 saturated heterocycles. The highest BCUT2D eigenvalue weighted by Gasteiger charge is 2.79. The molecule has 4 unspecified atom stereocenters. The largest absolute Gasteiger partial charge is 0.0651 e. The molecule has 2 aliphatic rings. The summed E-state index contributed by atoms with van der Waals surface area (Å²) in [5.41, 5.74) is 0.842. The second-order valence-corrected chi connectivity index (χ2v) is 3.70. The van der Waals surface area contributed by atoms with E-state index in [0.29, 0.717) is 0 Å². The molecule has 0 spiro atoms. The summed E-state index contributed by atoms with van der Waals surface area (Å²) in [4.78, 5) is 0. The zero-order chi connectivity index (χ0) is 5.94. The van der Waals surface area contributed by atoms with Crippen LogP contribution in [0.3, 0.4) is 0 Å². The Kier molecular flexibility index (Phi) is 0.595. The van der Waals surface area contributed by atoms with E-state index in [0.717, 1.165) is 23.2 Å². The van der Waals surface area contributed by atoms with E-state index in [1.54, 1.807) is 0 Å². The summed E-state index contributed by atoms with van der Waals surface area (Å²) in [6.45, 7) is 7.14. The molecule has 2 fully saturated rings. The van der Waals surface area contributed by atoms with Crippen molar-refractivity contribution in [2.45, 2.75) is 27.2 Å². The van der Waals surface area contributed by atoms with E-state index >= 15 is 0 Å².